The quantitative estimate of drug-likeness (QED) is 0.209. The van der Waals surface area contributed by atoms with E-state index in [9.17, 15) is 0 Å². The monoisotopic (exact) mass is 568 g/mol. The van der Waals surface area contributed by atoms with Crippen LogP contribution in [0, 0.1) is 13.8 Å². The summed E-state index contributed by atoms with van der Waals surface area (Å²) in [6.45, 7) is 23.0. The molecule has 0 fully saturated rings. The highest BCUT2D eigenvalue weighted by atomic mass is 28.2. The summed E-state index contributed by atoms with van der Waals surface area (Å²) < 4.78 is 0. The zero-order valence-electron chi connectivity index (χ0n) is 26.9. The van der Waals surface area contributed by atoms with Crippen LogP contribution in [0.3, 0.4) is 0 Å². The molecule has 40 heavy (non-hydrogen) atoms. The molecule has 4 heteroatoms. The Hall–Kier alpha value is -1.73. The Morgan fingerprint density at radius 3 is 1.30 bits per heavy atom. The Kier molecular flexibility index (Phi) is 9.87. The number of allylic oxidation sites excluding steroid dienone is 4. The summed E-state index contributed by atoms with van der Waals surface area (Å²) in [7, 11) is 1.39. The third-order valence-electron chi connectivity index (χ3n) is 8.50. The van der Waals surface area contributed by atoms with Crippen molar-refractivity contribution in [3.05, 3.63) is 80.2 Å². The van der Waals surface area contributed by atoms with Crippen molar-refractivity contribution in [2.24, 2.45) is 0 Å². The van der Waals surface area contributed by atoms with Gasteiger partial charge in [0.05, 0.1) is 0 Å². The van der Waals surface area contributed by atoms with Gasteiger partial charge in [0.2, 0.25) is 0 Å². The fraction of sp³-hybridized carbons (Fsp3) is 0.556. The van der Waals surface area contributed by atoms with Crippen LogP contribution >= 0.6 is 0 Å². The van der Waals surface area contributed by atoms with Crippen molar-refractivity contribution in [1.82, 2.24) is 9.96 Å². The zero-order chi connectivity index (χ0) is 29.2. The van der Waals surface area contributed by atoms with E-state index in [0.29, 0.717) is 31.2 Å². The van der Waals surface area contributed by atoms with Crippen LogP contribution in [0.15, 0.2) is 46.8 Å². The van der Waals surface area contributed by atoms with Crippen molar-refractivity contribution < 1.29 is 0 Å². The van der Waals surface area contributed by atoms with Gasteiger partial charge in [-0.3, -0.25) is 0 Å². The van der Waals surface area contributed by atoms with Crippen molar-refractivity contribution in [2.45, 2.75) is 131 Å². The molecule has 2 nitrogen and oxygen atoms in total. The van der Waals surface area contributed by atoms with Crippen LogP contribution in [0.1, 0.15) is 139 Å². The first-order chi connectivity index (χ1) is 18.8. The summed E-state index contributed by atoms with van der Waals surface area (Å²) in [6.07, 6.45) is 7.82. The molecule has 0 saturated heterocycles. The second-order valence-corrected chi connectivity index (χ2v) is 16.3. The molecule has 0 spiro atoms. The zero-order valence-corrected chi connectivity index (χ0v) is 28.9. The van der Waals surface area contributed by atoms with Crippen molar-refractivity contribution >= 4 is 30.5 Å². The number of rotatable bonds is 11. The summed E-state index contributed by atoms with van der Waals surface area (Å²) in [5, 5.41) is 3.30. The van der Waals surface area contributed by atoms with Gasteiger partial charge in [-0.05, 0) is 127 Å². The van der Waals surface area contributed by atoms with Gasteiger partial charge in [-0.2, -0.15) is 0 Å². The number of aryl methyl sites for hydroxylation is 2. The Morgan fingerprint density at radius 1 is 0.575 bits per heavy atom. The molecule has 2 aliphatic carbocycles. The lowest BCUT2D eigenvalue weighted by Gasteiger charge is -2.24. The van der Waals surface area contributed by atoms with Gasteiger partial charge in [0, 0.05) is 22.9 Å². The second kappa shape index (κ2) is 12.6. The first-order valence-electron chi connectivity index (χ1n) is 15.5. The molecule has 2 aliphatic rings. The Labute approximate surface area is 250 Å². The highest BCUT2D eigenvalue weighted by Gasteiger charge is 2.32. The number of fused-ring (bicyclic) bond motifs is 2. The number of unbranched alkanes of at least 4 members (excludes halogenated alkanes) is 3. The van der Waals surface area contributed by atoms with E-state index in [0.717, 1.165) is 0 Å². The standard InChI is InChI=1S/C36H52N2Si2/c1-23-17-15-21-27-29(33(25(3)31(23)27)39-37-35(5,6)7)19-13-11-12-14-20-30-28-22-16-18-24(2)32(28)26(4)34(30)40-38-36(8,9)10/h15-18,21-22,29-30,37-38H,11-14,19-20H2,1-10H3. The number of hydrogen-bond acceptors (Lipinski definition) is 2. The van der Waals surface area contributed by atoms with Gasteiger partial charge in [0.15, 0.2) is 19.4 Å². The van der Waals surface area contributed by atoms with Gasteiger partial charge >= 0.3 is 0 Å². The maximum absolute atomic E-state index is 3.82. The number of hydrogen-bond donors (Lipinski definition) is 2. The van der Waals surface area contributed by atoms with E-state index in [1.807, 2.05) is 0 Å². The van der Waals surface area contributed by atoms with E-state index in [-0.39, 0.29) is 11.1 Å². The molecule has 0 saturated carbocycles. The highest BCUT2D eigenvalue weighted by molar-refractivity contribution is 6.46. The molecule has 0 bridgehead atoms. The third-order valence-corrected chi connectivity index (χ3v) is 12.2. The molecule has 4 radical (unpaired) electrons. The second-order valence-electron chi connectivity index (χ2n) is 14.3. The lowest BCUT2D eigenvalue weighted by Crippen LogP contribution is -2.40. The van der Waals surface area contributed by atoms with Crippen LogP contribution in [0.25, 0.3) is 11.1 Å². The van der Waals surface area contributed by atoms with Gasteiger partial charge in [-0.15, -0.1) is 0 Å². The van der Waals surface area contributed by atoms with Gasteiger partial charge in [0.1, 0.15) is 0 Å². The van der Waals surface area contributed by atoms with Crippen LogP contribution in [-0.4, -0.2) is 30.4 Å². The van der Waals surface area contributed by atoms with Crippen LogP contribution in [0.2, 0.25) is 0 Å². The lowest BCUT2D eigenvalue weighted by molar-refractivity contribution is 0.520. The third kappa shape index (κ3) is 7.18. The van der Waals surface area contributed by atoms with E-state index in [1.165, 1.54) is 71.9 Å². The lowest BCUT2D eigenvalue weighted by atomic mass is 9.91. The molecule has 0 aliphatic heterocycles. The molecular weight excluding hydrogens is 517 g/mol. The van der Waals surface area contributed by atoms with Crippen molar-refractivity contribution in [3.8, 4) is 0 Å². The summed E-state index contributed by atoms with van der Waals surface area (Å²) >= 11 is 0. The van der Waals surface area contributed by atoms with Gasteiger partial charge < -0.3 is 9.96 Å². The fourth-order valence-electron chi connectivity index (χ4n) is 6.61. The summed E-state index contributed by atoms with van der Waals surface area (Å²) in [5.41, 5.74) is 12.4. The molecular formula is C36H52N2Si2. The van der Waals surface area contributed by atoms with E-state index < -0.39 is 0 Å². The smallest absolute Gasteiger partial charge is 0.176 e. The first kappa shape index (κ1) is 31.2. The topological polar surface area (TPSA) is 24.1 Å². The van der Waals surface area contributed by atoms with Crippen LogP contribution in [-0.2, 0) is 0 Å². The number of benzene rings is 2. The maximum atomic E-state index is 3.82. The fourth-order valence-corrected chi connectivity index (χ4v) is 9.20. The highest BCUT2D eigenvalue weighted by Crippen LogP contribution is 2.46. The Morgan fingerprint density at radius 2 is 0.950 bits per heavy atom. The van der Waals surface area contributed by atoms with Crippen molar-refractivity contribution in [3.63, 3.8) is 0 Å². The molecule has 4 rings (SSSR count). The average molecular weight is 569 g/mol. The van der Waals surface area contributed by atoms with E-state index in [1.54, 1.807) is 21.5 Å². The van der Waals surface area contributed by atoms with Crippen molar-refractivity contribution in [1.29, 1.82) is 0 Å². The molecule has 2 aromatic rings. The molecule has 0 heterocycles. The van der Waals surface area contributed by atoms with Crippen molar-refractivity contribution in [2.75, 3.05) is 0 Å². The first-order valence-corrected chi connectivity index (χ1v) is 17.5. The Balaban J connectivity index is 1.37. The molecule has 2 N–H and O–H groups in total. The normalized spacial score (nSPS) is 19.1. The molecule has 0 aromatic heterocycles. The van der Waals surface area contributed by atoms with Gasteiger partial charge in [-0.1, -0.05) is 72.5 Å². The van der Waals surface area contributed by atoms with Crippen LogP contribution < -0.4 is 9.96 Å². The minimum Gasteiger partial charge on any atom is -0.331 e. The minimum absolute atomic E-state index is 0.145. The Bertz CT molecular complexity index is 1170. The molecule has 2 atom stereocenters. The summed E-state index contributed by atoms with van der Waals surface area (Å²) in [6, 6.07) is 13.9. The predicted octanol–water partition coefficient (Wildman–Crippen LogP) is 9.02. The molecule has 0 amide bonds. The number of nitrogens with one attached hydrogen (secondary N) is 2. The van der Waals surface area contributed by atoms with E-state index in [2.05, 4.69) is 116 Å². The summed E-state index contributed by atoms with van der Waals surface area (Å²) in [4.78, 5) is 7.64. The van der Waals surface area contributed by atoms with E-state index in [4.69, 9.17) is 0 Å². The van der Waals surface area contributed by atoms with Gasteiger partial charge in [0.25, 0.3) is 0 Å². The SMILES string of the molecule is CC1=C([Si]NC(C)(C)C)C(CCCCCCC2C([Si]NC(C)(C)C)=C(C)c3c(C)cccc32)c2cccc(C)c21. The largest absolute Gasteiger partial charge is 0.331 e. The van der Waals surface area contributed by atoms with Crippen LogP contribution in [0.4, 0.5) is 0 Å². The van der Waals surface area contributed by atoms with E-state index >= 15 is 0 Å². The minimum atomic E-state index is 0.145. The summed E-state index contributed by atoms with van der Waals surface area (Å²) in [5.74, 6) is 1.16. The maximum Gasteiger partial charge on any atom is 0.176 e. The molecule has 214 valence electrons. The average Bonchev–Trinajstić information content (AvgIpc) is 3.29. The van der Waals surface area contributed by atoms with Crippen LogP contribution in [0.5, 0.6) is 0 Å². The van der Waals surface area contributed by atoms with Gasteiger partial charge in [-0.25, -0.2) is 0 Å². The predicted molar refractivity (Wildman–Crippen MR) is 178 cm³/mol. The molecule has 2 unspecified atom stereocenters. The molecule has 2 aromatic carbocycles.